The highest BCUT2D eigenvalue weighted by Gasteiger charge is 2.30. The third-order valence-electron chi connectivity index (χ3n) is 2.54. The number of nitrogens with zero attached hydrogens (tertiary/aromatic N) is 3. The van der Waals surface area contributed by atoms with Crippen molar-refractivity contribution in [2.45, 2.75) is 6.18 Å². The van der Waals surface area contributed by atoms with Crippen molar-refractivity contribution < 1.29 is 17.9 Å². The molecule has 0 saturated carbocycles. The van der Waals surface area contributed by atoms with Gasteiger partial charge >= 0.3 is 6.18 Å². The highest BCUT2D eigenvalue weighted by molar-refractivity contribution is 5.60. The largest absolute Gasteiger partial charge is 0.439 e. The first-order chi connectivity index (χ1) is 10.3. The predicted octanol–water partition coefficient (Wildman–Crippen LogP) is 4.11. The molecule has 0 radical (unpaired) electrons. The van der Waals surface area contributed by atoms with Gasteiger partial charge in [-0.3, -0.25) is 0 Å². The molecule has 116 valence electrons. The van der Waals surface area contributed by atoms with E-state index in [1.165, 1.54) is 18.3 Å². The summed E-state index contributed by atoms with van der Waals surface area (Å²) in [6.07, 6.45) is -1.31. The molecule has 0 amide bonds. The van der Waals surface area contributed by atoms with Crippen molar-refractivity contribution in [3.63, 3.8) is 0 Å². The van der Waals surface area contributed by atoms with Gasteiger partial charge < -0.3 is 9.64 Å². The Bertz CT molecular complexity index is 652. The molecular weight excluding hydrogens is 295 g/mol. The van der Waals surface area contributed by atoms with Crippen LogP contribution in [-0.2, 0) is 6.18 Å². The predicted molar refractivity (Wildman–Crippen MR) is 77.6 cm³/mol. The molecule has 0 atom stereocenters. The summed E-state index contributed by atoms with van der Waals surface area (Å²) in [5.41, 5.74) is -0.151. The second-order valence-electron chi connectivity index (χ2n) is 4.69. The minimum Gasteiger partial charge on any atom is -0.439 e. The molecular formula is C15H14F3N3O. The topological polar surface area (TPSA) is 37.7 Å². The van der Waals surface area contributed by atoms with Gasteiger partial charge in [-0.05, 0) is 24.3 Å². The lowest BCUT2D eigenvalue weighted by atomic mass is 10.2. The number of hydrogen-bond donors (Lipinski definition) is 0. The average Bonchev–Trinajstić information content (AvgIpc) is 2.46. The van der Waals surface area contributed by atoms with E-state index >= 15 is 0 Å². The number of benzene rings is 1. The Morgan fingerprint density at radius 3 is 2.55 bits per heavy atom. The standard InChI is InChI=1S/C15H14F3N3O/c1-21(2)10-20-12-6-7-14(19-9-12)22-13-5-3-4-11(8-13)15(16,17)18/h3-10H,1-2H3/b20-10+. The second-order valence-corrected chi connectivity index (χ2v) is 4.69. The molecule has 0 aliphatic rings. The summed E-state index contributed by atoms with van der Waals surface area (Å²) < 4.78 is 43.2. The highest BCUT2D eigenvalue weighted by Crippen LogP contribution is 2.32. The lowest BCUT2D eigenvalue weighted by Gasteiger charge is -2.09. The maximum absolute atomic E-state index is 12.6. The maximum atomic E-state index is 12.6. The van der Waals surface area contributed by atoms with Crippen LogP contribution in [0.1, 0.15) is 5.56 Å². The van der Waals surface area contributed by atoms with Crippen LogP contribution in [0.25, 0.3) is 0 Å². The lowest BCUT2D eigenvalue weighted by molar-refractivity contribution is -0.137. The molecule has 1 heterocycles. The van der Waals surface area contributed by atoms with E-state index < -0.39 is 11.7 Å². The summed E-state index contributed by atoms with van der Waals surface area (Å²) in [7, 11) is 3.67. The Kier molecular flexibility index (Phi) is 4.65. The van der Waals surface area contributed by atoms with Crippen molar-refractivity contribution in [1.29, 1.82) is 0 Å². The van der Waals surface area contributed by atoms with E-state index in [1.54, 1.807) is 23.4 Å². The molecule has 0 fully saturated rings. The molecule has 0 N–H and O–H groups in total. The van der Waals surface area contributed by atoms with Crippen LogP contribution in [0.15, 0.2) is 47.6 Å². The Hall–Kier alpha value is -2.57. The summed E-state index contributed by atoms with van der Waals surface area (Å²) in [5.74, 6) is 0.273. The molecule has 1 aromatic carbocycles. The number of aromatic nitrogens is 1. The molecule has 0 aliphatic heterocycles. The summed E-state index contributed by atoms with van der Waals surface area (Å²) in [6, 6.07) is 7.85. The van der Waals surface area contributed by atoms with Gasteiger partial charge in [0.25, 0.3) is 0 Å². The normalized spacial score (nSPS) is 11.7. The first-order valence-corrected chi connectivity index (χ1v) is 6.36. The smallest absolute Gasteiger partial charge is 0.416 e. The molecule has 2 aromatic rings. The zero-order valence-corrected chi connectivity index (χ0v) is 12.0. The van der Waals surface area contributed by atoms with Crippen LogP contribution < -0.4 is 4.74 Å². The van der Waals surface area contributed by atoms with Crippen molar-refractivity contribution >= 4 is 12.0 Å². The molecule has 0 aliphatic carbocycles. The fourth-order valence-electron chi connectivity index (χ4n) is 1.55. The molecule has 22 heavy (non-hydrogen) atoms. The van der Waals surface area contributed by atoms with Gasteiger partial charge in [0.1, 0.15) is 5.75 Å². The van der Waals surface area contributed by atoms with Crippen molar-refractivity contribution in [3.05, 3.63) is 48.2 Å². The Labute approximate surface area is 125 Å². The number of rotatable bonds is 4. The number of alkyl halides is 3. The molecule has 7 heteroatoms. The molecule has 0 spiro atoms. The van der Waals surface area contributed by atoms with Gasteiger partial charge in [0.05, 0.1) is 23.8 Å². The van der Waals surface area contributed by atoms with Crippen LogP contribution >= 0.6 is 0 Å². The fraction of sp³-hybridized carbons (Fsp3) is 0.200. The number of ether oxygens (including phenoxy) is 1. The van der Waals surface area contributed by atoms with Gasteiger partial charge in [-0.1, -0.05) is 6.07 Å². The van der Waals surface area contributed by atoms with Gasteiger partial charge in [-0.25, -0.2) is 9.98 Å². The molecule has 2 rings (SSSR count). The summed E-state index contributed by atoms with van der Waals surface area (Å²) in [6.45, 7) is 0. The van der Waals surface area contributed by atoms with Gasteiger partial charge in [-0.2, -0.15) is 13.2 Å². The Morgan fingerprint density at radius 2 is 1.95 bits per heavy atom. The SMILES string of the molecule is CN(C)/C=N/c1ccc(Oc2cccc(C(F)(F)F)c2)nc1. The zero-order valence-electron chi connectivity index (χ0n) is 12.0. The van der Waals surface area contributed by atoms with Crippen LogP contribution in [0.5, 0.6) is 11.6 Å². The average molecular weight is 309 g/mol. The van der Waals surface area contributed by atoms with E-state index in [1.807, 2.05) is 14.1 Å². The summed E-state index contributed by atoms with van der Waals surface area (Å²) >= 11 is 0. The first-order valence-electron chi connectivity index (χ1n) is 6.36. The van der Waals surface area contributed by atoms with Crippen LogP contribution in [0.3, 0.4) is 0 Å². The molecule has 1 aromatic heterocycles. The van der Waals surface area contributed by atoms with E-state index in [4.69, 9.17) is 4.74 Å². The quantitative estimate of drug-likeness (QED) is 0.630. The number of pyridine rings is 1. The third-order valence-corrected chi connectivity index (χ3v) is 2.54. The van der Waals surface area contributed by atoms with Crippen molar-refractivity contribution in [1.82, 2.24) is 9.88 Å². The number of hydrogen-bond acceptors (Lipinski definition) is 3. The van der Waals surface area contributed by atoms with Gasteiger partial charge in [-0.15, -0.1) is 0 Å². The second kappa shape index (κ2) is 6.46. The van der Waals surface area contributed by atoms with Gasteiger partial charge in [0.15, 0.2) is 0 Å². The number of halogens is 3. The maximum Gasteiger partial charge on any atom is 0.416 e. The molecule has 4 nitrogen and oxygen atoms in total. The fourth-order valence-corrected chi connectivity index (χ4v) is 1.55. The van der Waals surface area contributed by atoms with E-state index in [-0.39, 0.29) is 11.6 Å². The van der Waals surface area contributed by atoms with Crippen LogP contribution in [0.4, 0.5) is 18.9 Å². The van der Waals surface area contributed by atoms with E-state index in [9.17, 15) is 13.2 Å². The molecule has 0 bridgehead atoms. The lowest BCUT2D eigenvalue weighted by Crippen LogP contribution is -2.06. The van der Waals surface area contributed by atoms with Gasteiger partial charge in [0, 0.05) is 20.2 Å². The Morgan fingerprint density at radius 1 is 1.18 bits per heavy atom. The molecule has 0 saturated heterocycles. The number of aliphatic imine (C=N–C) groups is 1. The molecule has 0 unspecified atom stereocenters. The third kappa shape index (κ3) is 4.47. The van der Waals surface area contributed by atoms with E-state index in [0.29, 0.717) is 5.69 Å². The van der Waals surface area contributed by atoms with E-state index in [0.717, 1.165) is 12.1 Å². The minimum atomic E-state index is -4.41. The summed E-state index contributed by atoms with van der Waals surface area (Å²) in [5, 5.41) is 0. The highest BCUT2D eigenvalue weighted by atomic mass is 19.4. The van der Waals surface area contributed by atoms with E-state index in [2.05, 4.69) is 9.98 Å². The van der Waals surface area contributed by atoms with Crippen LogP contribution in [-0.4, -0.2) is 30.3 Å². The van der Waals surface area contributed by atoms with Crippen molar-refractivity contribution in [3.8, 4) is 11.6 Å². The van der Waals surface area contributed by atoms with Crippen molar-refractivity contribution in [2.24, 2.45) is 4.99 Å². The summed E-state index contributed by atoms with van der Waals surface area (Å²) in [4.78, 5) is 9.91. The monoisotopic (exact) mass is 309 g/mol. The first kappa shape index (κ1) is 15.8. The minimum absolute atomic E-state index is 0.0758. The van der Waals surface area contributed by atoms with Crippen LogP contribution in [0.2, 0.25) is 0 Å². The van der Waals surface area contributed by atoms with Crippen LogP contribution in [0, 0.1) is 0 Å². The van der Waals surface area contributed by atoms with Crippen molar-refractivity contribution in [2.75, 3.05) is 14.1 Å². The van der Waals surface area contributed by atoms with Gasteiger partial charge in [0.2, 0.25) is 5.88 Å². The zero-order chi connectivity index (χ0) is 16.2. The Balaban J connectivity index is 2.11.